The maximum atomic E-state index is 13.6. The molecule has 2 aromatic heterocycles. The van der Waals surface area contributed by atoms with E-state index in [1.165, 1.54) is 11.3 Å². The Labute approximate surface area is 228 Å². The monoisotopic (exact) mass is 545 g/mol. The molecule has 0 saturated heterocycles. The summed E-state index contributed by atoms with van der Waals surface area (Å²) in [5.74, 6) is 0.906. The number of hydrogen-bond donors (Lipinski definition) is 1. The zero-order valence-electron chi connectivity index (χ0n) is 20.9. The molecule has 0 fully saturated rings. The van der Waals surface area contributed by atoms with Gasteiger partial charge in [-0.3, -0.25) is 10.1 Å². The minimum absolute atomic E-state index is 0.165. The lowest BCUT2D eigenvalue weighted by Crippen LogP contribution is -2.21. The molecule has 0 aliphatic carbocycles. The Hall–Kier alpha value is -4.14. The van der Waals surface area contributed by atoms with Crippen LogP contribution in [0.2, 0.25) is 5.02 Å². The number of nitrogens with zero attached hydrogens (tertiary/aromatic N) is 2. The van der Waals surface area contributed by atoms with Crippen molar-refractivity contribution in [2.45, 2.75) is 13.3 Å². The Balaban J connectivity index is 1.58. The standard InChI is InChI=1S/C29H24ClN3O4S/c1-4-25-26(17-8-10-19(30)11-9-17)32-29(38-25)33-27(34)23-15-18-14-22(36-3)12-13-24(18)37-28(23)31-20-6-5-7-21(16-20)35-2/h5-16H,4H2,1-3H3,(H,32,33,34). The molecule has 0 radical (unpaired) electrons. The van der Waals surface area contributed by atoms with Crippen molar-refractivity contribution in [1.29, 1.82) is 0 Å². The summed E-state index contributed by atoms with van der Waals surface area (Å²) in [5.41, 5.74) is 3.33. The van der Waals surface area contributed by atoms with Crippen LogP contribution in [0.4, 0.5) is 10.8 Å². The Kier molecular flexibility index (Phi) is 7.44. The van der Waals surface area contributed by atoms with E-state index in [1.807, 2.05) is 48.5 Å². The van der Waals surface area contributed by atoms with Crippen molar-refractivity contribution < 1.29 is 18.7 Å². The second-order valence-corrected chi connectivity index (χ2v) is 9.81. The fourth-order valence-electron chi connectivity index (χ4n) is 3.92. The van der Waals surface area contributed by atoms with Gasteiger partial charge in [0.25, 0.3) is 5.91 Å². The summed E-state index contributed by atoms with van der Waals surface area (Å²) in [4.78, 5) is 24.0. The van der Waals surface area contributed by atoms with Gasteiger partial charge in [0.2, 0.25) is 5.55 Å². The highest BCUT2D eigenvalue weighted by Crippen LogP contribution is 2.32. The molecule has 38 heavy (non-hydrogen) atoms. The number of carbonyl (C=O) groups is 1. The number of hydrogen-bond acceptors (Lipinski definition) is 7. The molecule has 0 saturated carbocycles. The van der Waals surface area contributed by atoms with Crippen LogP contribution in [0.5, 0.6) is 11.5 Å². The van der Waals surface area contributed by atoms with E-state index in [2.05, 4.69) is 17.2 Å². The highest BCUT2D eigenvalue weighted by molar-refractivity contribution is 7.16. The second kappa shape index (κ2) is 11.1. The number of ether oxygens (including phenoxy) is 2. The van der Waals surface area contributed by atoms with Crippen LogP contribution < -0.4 is 20.3 Å². The number of benzene rings is 3. The number of nitrogens with one attached hydrogen (secondary N) is 1. The van der Waals surface area contributed by atoms with Gasteiger partial charge in [-0.05, 0) is 55.0 Å². The molecular weight excluding hydrogens is 522 g/mol. The maximum absolute atomic E-state index is 13.6. The number of anilines is 1. The van der Waals surface area contributed by atoms with Crippen LogP contribution in [0.1, 0.15) is 22.2 Å². The third-order valence-corrected chi connectivity index (χ3v) is 7.21. The topological polar surface area (TPSA) is 86.0 Å². The lowest BCUT2D eigenvalue weighted by Gasteiger charge is -2.07. The quantitative estimate of drug-likeness (QED) is 0.232. The van der Waals surface area contributed by atoms with Crippen molar-refractivity contribution in [3.05, 3.63) is 93.8 Å². The molecule has 0 aliphatic rings. The molecule has 0 aliphatic heterocycles. The smallest absolute Gasteiger partial charge is 0.262 e. The SMILES string of the molecule is CCc1sc(NC(=O)c2cc3cc(OC)ccc3oc2=Nc2cccc(OC)c2)nc1-c1ccc(Cl)cc1. The second-order valence-electron chi connectivity index (χ2n) is 8.29. The fraction of sp³-hybridized carbons (Fsp3) is 0.138. The van der Waals surface area contributed by atoms with Gasteiger partial charge in [-0.25, -0.2) is 9.98 Å². The summed E-state index contributed by atoms with van der Waals surface area (Å²) in [5, 5.41) is 4.78. The van der Waals surface area contributed by atoms with Gasteiger partial charge in [-0.2, -0.15) is 0 Å². The average molecular weight is 546 g/mol. The molecule has 7 nitrogen and oxygen atoms in total. The van der Waals surface area contributed by atoms with E-state index in [9.17, 15) is 4.79 Å². The van der Waals surface area contributed by atoms with Crippen molar-refractivity contribution in [1.82, 2.24) is 4.98 Å². The van der Waals surface area contributed by atoms with Gasteiger partial charge in [0, 0.05) is 26.9 Å². The van der Waals surface area contributed by atoms with Gasteiger partial charge in [-0.15, -0.1) is 11.3 Å². The number of amides is 1. The molecule has 9 heteroatoms. The van der Waals surface area contributed by atoms with E-state index in [1.54, 1.807) is 38.5 Å². The van der Waals surface area contributed by atoms with E-state index in [4.69, 9.17) is 30.5 Å². The normalized spacial score (nSPS) is 11.5. The molecular formula is C29H24ClN3O4S. The number of halogens is 1. The number of aromatic nitrogens is 1. The van der Waals surface area contributed by atoms with Gasteiger partial charge >= 0.3 is 0 Å². The highest BCUT2D eigenvalue weighted by Gasteiger charge is 2.18. The maximum Gasteiger partial charge on any atom is 0.262 e. The minimum atomic E-state index is -0.390. The molecule has 0 spiro atoms. The number of fused-ring (bicyclic) bond motifs is 1. The van der Waals surface area contributed by atoms with E-state index in [0.29, 0.717) is 38.3 Å². The first-order valence-electron chi connectivity index (χ1n) is 11.8. The predicted octanol–water partition coefficient (Wildman–Crippen LogP) is 7.27. The Morgan fingerprint density at radius 2 is 1.79 bits per heavy atom. The van der Waals surface area contributed by atoms with E-state index >= 15 is 0 Å². The molecule has 1 N–H and O–H groups in total. The largest absolute Gasteiger partial charge is 0.497 e. The molecule has 2 heterocycles. The van der Waals surface area contributed by atoms with E-state index < -0.39 is 0 Å². The van der Waals surface area contributed by atoms with E-state index in [0.717, 1.165) is 22.6 Å². The van der Waals surface area contributed by atoms with Crippen LogP contribution in [-0.4, -0.2) is 25.1 Å². The van der Waals surface area contributed by atoms with Crippen molar-refractivity contribution in [3.63, 3.8) is 0 Å². The average Bonchev–Trinajstić information content (AvgIpc) is 3.35. The first-order valence-corrected chi connectivity index (χ1v) is 13.0. The van der Waals surface area contributed by atoms with Gasteiger partial charge in [0.1, 0.15) is 22.6 Å². The Morgan fingerprint density at radius 1 is 1.03 bits per heavy atom. The molecule has 192 valence electrons. The van der Waals surface area contributed by atoms with Gasteiger partial charge in [0.05, 0.1) is 25.6 Å². The third-order valence-electron chi connectivity index (χ3n) is 5.84. The van der Waals surface area contributed by atoms with Gasteiger partial charge in [0.15, 0.2) is 5.13 Å². The first-order chi connectivity index (χ1) is 18.5. The summed E-state index contributed by atoms with van der Waals surface area (Å²) in [7, 11) is 3.17. The van der Waals surface area contributed by atoms with Crippen LogP contribution in [0, 0.1) is 0 Å². The fourth-order valence-corrected chi connectivity index (χ4v) is 4.97. The summed E-state index contributed by atoms with van der Waals surface area (Å²) in [6.07, 6.45) is 0.771. The number of carbonyl (C=O) groups excluding carboxylic acids is 1. The molecule has 0 atom stereocenters. The van der Waals surface area contributed by atoms with E-state index in [-0.39, 0.29) is 17.0 Å². The summed E-state index contributed by atoms with van der Waals surface area (Å²) < 4.78 is 16.8. The summed E-state index contributed by atoms with van der Waals surface area (Å²) in [6.45, 7) is 2.05. The number of methoxy groups -OCH3 is 2. The van der Waals surface area contributed by atoms with Crippen LogP contribution in [-0.2, 0) is 6.42 Å². The van der Waals surface area contributed by atoms with Gasteiger partial charge < -0.3 is 13.9 Å². The number of aryl methyl sites for hydroxylation is 1. The third kappa shape index (κ3) is 5.41. The first kappa shape index (κ1) is 25.5. The van der Waals surface area contributed by atoms with Crippen molar-refractivity contribution in [2.24, 2.45) is 4.99 Å². The Morgan fingerprint density at radius 3 is 2.53 bits per heavy atom. The molecule has 3 aromatic carbocycles. The molecule has 0 unspecified atom stereocenters. The van der Waals surface area contributed by atoms with Crippen LogP contribution >= 0.6 is 22.9 Å². The molecule has 1 amide bonds. The highest BCUT2D eigenvalue weighted by atomic mass is 35.5. The van der Waals surface area contributed by atoms with Crippen molar-refractivity contribution in [3.8, 4) is 22.8 Å². The minimum Gasteiger partial charge on any atom is -0.497 e. The number of thiazole rings is 1. The molecule has 5 aromatic rings. The molecule has 5 rings (SSSR count). The lowest BCUT2D eigenvalue weighted by atomic mass is 10.1. The zero-order chi connectivity index (χ0) is 26.6. The number of rotatable bonds is 7. The van der Waals surface area contributed by atoms with Crippen molar-refractivity contribution in [2.75, 3.05) is 19.5 Å². The van der Waals surface area contributed by atoms with Crippen LogP contribution in [0.3, 0.4) is 0 Å². The van der Waals surface area contributed by atoms with Crippen LogP contribution in [0.25, 0.3) is 22.2 Å². The van der Waals surface area contributed by atoms with Gasteiger partial charge in [-0.1, -0.05) is 36.7 Å². The molecule has 0 bridgehead atoms. The predicted molar refractivity (Wildman–Crippen MR) is 151 cm³/mol. The Bertz CT molecular complexity index is 1690. The summed E-state index contributed by atoms with van der Waals surface area (Å²) >= 11 is 7.49. The lowest BCUT2D eigenvalue weighted by molar-refractivity contribution is 0.102. The summed E-state index contributed by atoms with van der Waals surface area (Å²) in [6, 6.07) is 21.8. The van der Waals surface area contributed by atoms with Crippen LogP contribution in [0.15, 0.2) is 82.2 Å². The zero-order valence-corrected chi connectivity index (χ0v) is 22.5. The van der Waals surface area contributed by atoms with Crippen molar-refractivity contribution >= 4 is 50.6 Å².